The zero-order chi connectivity index (χ0) is 12.4. The number of halogens is 3. The number of nitrogens with two attached hydrogens (primary N) is 1. The Morgan fingerprint density at radius 1 is 1.29 bits per heavy atom. The first-order valence-corrected chi connectivity index (χ1v) is 6.44. The molecule has 6 heteroatoms. The third-order valence-corrected chi connectivity index (χ3v) is 3.88. The predicted molar refractivity (Wildman–Crippen MR) is 67.5 cm³/mol. The fourth-order valence-electron chi connectivity index (χ4n) is 1.58. The summed E-state index contributed by atoms with van der Waals surface area (Å²) in [4.78, 5) is 0. The van der Waals surface area contributed by atoms with E-state index in [2.05, 4.69) is 21.4 Å². The van der Waals surface area contributed by atoms with E-state index in [1.807, 2.05) is 11.4 Å². The highest BCUT2D eigenvalue weighted by Crippen LogP contribution is 2.30. The maximum atomic E-state index is 13.6. The maximum Gasteiger partial charge on any atom is 0.131 e. The summed E-state index contributed by atoms with van der Waals surface area (Å²) in [6, 6.07) is 4.81. The van der Waals surface area contributed by atoms with Crippen molar-refractivity contribution >= 4 is 27.3 Å². The molecule has 0 saturated carbocycles. The van der Waals surface area contributed by atoms with Gasteiger partial charge in [-0.05, 0) is 39.0 Å². The second kappa shape index (κ2) is 5.22. The molecule has 0 aliphatic heterocycles. The molecule has 2 aromatic rings. The van der Waals surface area contributed by atoms with Crippen LogP contribution in [0.2, 0.25) is 0 Å². The molecule has 0 amide bonds. The van der Waals surface area contributed by atoms with Crippen LogP contribution in [0.15, 0.2) is 33.4 Å². The summed E-state index contributed by atoms with van der Waals surface area (Å²) in [5.41, 5.74) is 3.68. The largest absolute Gasteiger partial charge is 0.271 e. The van der Waals surface area contributed by atoms with Gasteiger partial charge in [-0.15, -0.1) is 11.3 Å². The van der Waals surface area contributed by atoms with Crippen molar-refractivity contribution in [3.05, 3.63) is 56.2 Å². The monoisotopic (exact) mass is 318 g/mol. The van der Waals surface area contributed by atoms with Crippen molar-refractivity contribution in [2.75, 3.05) is 0 Å². The lowest BCUT2D eigenvalue weighted by molar-refractivity contribution is 0.542. The quantitative estimate of drug-likeness (QED) is 0.673. The molecule has 0 fully saturated rings. The van der Waals surface area contributed by atoms with Crippen molar-refractivity contribution < 1.29 is 8.78 Å². The van der Waals surface area contributed by atoms with Gasteiger partial charge in [-0.1, -0.05) is 6.07 Å². The number of hydrogen-bond acceptors (Lipinski definition) is 3. The molecule has 1 unspecified atom stereocenters. The van der Waals surface area contributed by atoms with Gasteiger partial charge in [0.2, 0.25) is 0 Å². The van der Waals surface area contributed by atoms with E-state index in [0.29, 0.717) is 5.56 Å². The Bertz CT molecular complexity index is 530. The van der Waals surface area contributed by atoms with Gasteiger partial charge in [0.1, 0.15) is 11.6 Å². The molecular formula is C11H9BrF2N2S. The lowest BCUT2D eigenvalue weighted by Crippen LogP contribution is -2.29. The number of rotatable bonds is 3. The molecule has 0 radical (unpaired) electrons. The van der Waals surface area contributed by atoms with Gasteiger partial charge in [-0.3, -0.25) is 5.84 Å². The molecule has 0 bridgehead atoms. The molecule has 3 N–H and O–H groups in total. The highest BCUT2D eigenvalue weighted by atomic mass is 79.9. The summed E-state index contributed by atoms with van der Waals surface area (Å²) in [6.45, 7) is 0. The number of benzene rings is 1. The fourth-order valence-corrected chi connectivity index (χ4v) is 2.78. The summed E-state index contributed by atoms with van der Waals surface area (Å²) < 4.78 is 27.4. The van der Waals surface area contributed by atoms with Crippen LogP contribution in [0, 0.1) is 11.6 Å². The second-order valence-corrected chi connectivity index (χ2v) is 5.74. The van der Waals surface area contributed by atoms with Gasteiger partial charge in [-0.25, -0.2) is 14.2 Å². The third-order valence-electron chi connectivity index (χ3n) is 2.36. The molecule has 0 spiro atoms. The first-order chi connectivity index (χ1) is 8.11. The summed E-state index contributed by atoms with van der Waals surface area (Å²) in [5, 5.41) is 1.86. The minimum Gasteiger partial charge on any atom is -0.271 e. The van der Waals surface area contributed by atoms with Crippen molar-refractivity contribution in [3.63, 3.8) is 0 Å². The topological polar surface area (TPSA) is 38.0 Å². The van der Waals surface area contributed by atoms with E-state index in [9.17, 15) is 8.78 Å². The average Bonchev–Trinajstić information content (AvgIpc) is 2.69. The normalized spacial score (nSPS) is 12.7. The third kappa shape index (κ3) is 2.71. The van der Waals surface area contributed by atoms with Crippen LogP contribution in [0.4, 0.5) is 8.78 Å². The van der Waals surface area contributed by atoms with Gasteiger partial charge in [0.25, 0.3) is 0 Å². The van der Waals surface area contributed by atoms with E-state index in [1.165, 1.54) is 23.5 Å². The van der Waals surface area contributed by atoms with Crippen LogP contribution >= 0.6 is 27.3 Å². The highest BCUT2D eigenvalue weighted by molar-refractivity contribution is 9.11. The standard InChI is InChI=1S/C11H9BrF2N2S/c12-10-3-6(5-17-10)11(16-15)8-2-1-7(13)4-9(8)14/h1-5,11,16H,15H2. The molecule has 0 aliphatic rings. The van der Waals surface area contributed by atoms with Crippen molar-refractivity contribution in [2.24, 2.45) is 5.84 Å². The first-order valence-electron chi connectivity index (χ1n) is 4.77. The highest BCUT2D eigenvalue weighted by Gasteiger charge is 2.18. The summed E-state index contributed by atoms with van der Waals surface area (Å²) in [5.74, 6) is 4.21. The van der Waals surface area contributed by atoms with E-state index in [0.717, 1.165) is 15.4 Å². The fraction of sp³-hybridized carbons (Fsp3) is 0.0909. The van der Waals surface area contributed by atoms with Crippen LogP contribution in [-0.2, 0) is 0 Å². The lowest BCUT2D eigenvalue weighted by Gasteiger charge is -2.15. The van der Waals surface area contributed by atoms with Crippen molar-refractivity contribution in [1.29, 1.82) is 0 Å². The molecule has 2 nitrogen and oxygen atoms in total. The molecule has 1 heterocycles. The molecule has 1 atom stereocenters. The smallest absolute Gasteiger partial charge is 0.131 e. The molecule has 1 aromatic heterocycles. The Morgan fingerprint density at radius 3 is 2.59 bits per heavy atom. The Kier molecular flexibility index (Phi) is 3.88. The van der Waals surface area contributed by atoms with E-state index in [1.54, 1.807) is 0 Å². The van der Waals surface area contributed by atoms with Gasteiger partial charge in [0, 0.05) is 11.6 Å². The molecular weight excluding hydrogens is 310 g/mol. The Labute approximate surface area is 110 Å². The van der Waals surface area contributed by atoms with Crippen molar-refractivity contribution in [1.82, 2.24) is 5.43 Å². The lowest BCUT2D eigenvalue weighted by atomic mass is 10.0. The first kappa shape index (κ1) is 12.6. The van der Waals surface area contributed by atoms with Crippen LogP contribution < -0.4 is 11.3 Å². The zero-order valence-corrected chi connectivity index (χ0v) is 11.0. The van der Waals surface area contributed by atoms with Crippen LogP contribution in [-0.4, -0.2) is 0 Å². The minimum atomic E-state index is -0.615. The molecule has 0 saturated heterocycles. The van der Waals surface area contributed by atoms with Crippen LogP contribution in [0.3, 0.4) is 0 Å². The number of hydrazine groups is 1. The predicted octanol–water partition coefficient (Wildman–Crippen LogP) is 3.34. The molecule has 90 valence electrons. The molecule has 17 heavy (non-hydrogen) atoms. The van der Waals surface area contributed by atoms with Gasteiger partial charge in [-0.2, -0.15) is 0 Å². The Morgan fingerprint density at radius 2 is 2.06 bits per heavy atom. The summed E-state index contributed by atoms with van der Waals surface area (Å²) in [6.07, 6.45) is 0. The van der Waals surface area contributed by atoms with E-state index in [4.69, 9.17) is 5.84 Å². The Balaban J connectivity index is 2.42. The second-order valence-electron chi connectivity index (χ2n) is 3.45. The number of nitrogens with one attached hydrogen (secondary N) is 1. The van der Waals surface area contributed by atoms with E-state index in [-0.39, 0.29) is 0 Å². The van der Waals surface area contributed by atoms with Crippen molar-refractivity contribution in [2.45, 2.75) is 6.04 Å². The van der Waals surface area contributed by atoms with Gasteiger partial charge >= 0.3 is 0 Å². The van der Waals surface area contributed by atoms with Gasteiger partial charge in [0.15, 0.2) is 0 Å². The summed E-state index contributed by atoms with van der Waals surface area (Å²) in [7, 11) is 0. The zero-order valence-electron chi connectivity index (χ0n) is 8.58. The van der Waals surface area contributed by atoms with Crippen molar-refractivity contribution in [3.8, 4) is 0 Å². The van der Waals surface area contributed by atoms with Crippen LogP contribution in [0.1, 0.15) is 17.2 Å². The average molecular weight is 319 g/mol. The van der Waals surface area contributed by atoms with E-state index >= 15 is 0 Å². The molecule has 0 aliphatic carbocycles. The van der Waals surface area contributed by atoms with Gasteiger partial charge in [0.05, 0.1) is 9.83 Å². The van der Waals surface area contributed by atoms with Gasteiger partial charge < -0.3 is 0 Å². The van der Waals surface area contributed by atoms with Crippen LogP contribution in [0.25, 0.3) is 0 Å². The Hall–Kier alpha value is -0.820. The van der Waals surface area contributed by atoms with E-state index < -0.39 is 17.7 Å². The summed E-state index contributed by atoms with van der Waals surface area (Å²) >= 11 is 4.80. The SMILES string of the molecule is NNC(c1csc(Br)c1)c1ccc(F)cc1F. The van der Waals surface area contributed by atoms with Crippen LogP contribution in [0.5, 0.6) is 0 Å². The molecule has 1 aromatic carbocycles. The number of thiophene rings is 1. The number of hydrogen-bond donors (Lipinski definition) is 2. The minimum absolute atomic E-state index is 0.319. The molecule has 2 rings (SSSR count). The maximum absolute atomic E-state index is 13.6.